The van der Waals surface area contributed by atoms with Crippen LogP contribution in [0.4, 0.5) is 4.39 Å². The summed E-state index contributed by atoms with van der Waals surface area (Å²) in [4.78, 5) is 50.6. The molecule has 8 rings (SSSR count). The van der Waals surface area contributed by atoms with Crippen molar-refractivity contribution >= 4 is 325 Å². The van der Waals surface area contributed by atoms with Crippen molar-refractivity contribution in [2.75, 3.05) is 106 Å². The summed E-state index contributed by atoms with van der Waals surface area (Å²) in [5.41, 5.74) is 5.90. The third kappa shape index (κ3) is 41.4. The minimum Gasteiger partial charge on any atom is -0.469 e. The summed E-state index contributed by atoms with van der Waals surface area (Å²) in [5.74, 6) is 10.1. The number of carbonyl (C=O) groups excluding carboxylic acids is 4. The van der Waals surface area contributed by atoms with Crippen LogP contribution in [0.5, 0.6) is 0 Å². The monoisotopic (exact) mass is 1920 g/mol. The SMILES string of the molecule is C=S(C=O)CO.CCN(CC)CC.CCOC(=O)CCSC1=C(SC)SC(=CC=C2SC(CS)=C(SCc3ccc(CSC4=C(SC)SC(=CC=C5SC(CC)=C(CS)S5)S4)cc3)S2)S1.CCc1ccc(CCl)cc1.COC(=O)CCSC1=C(SC)SC(=CC=C2SC(CS)=C(SCCCOC=O)S2)S1.[2H]CF. The quantitative estimate of drug-likeness (QED) is 0.00970. The molecule has 0 aliphatic carbocycles. The number of thioether (sulfide) groups is 20. The van der Waals surface area contributed by atoms with Crippen LogP contribution in [0.2, 0.25) is 0 Å². The number of ether oxygens (including phenoxy) is 3. The van der Waals surface area contributed by atoms with E-state index in [1.54, 1.807) is 106 Å². The Hall–Kier alpha value is 1.81. The number of aryl methyl sites for hydroxylation is 1. The number of thiol groups is 3. The maximum absolute atomic E-state index is 11.7. The third-order valence-electron chi connectivity index (χ3n) is 13.4. The van der Waals surface area contributed by atoms with Crippen molar-refractivity contribution in [3.05, 3.63) is 186 Å². The zero-order chi connectivity index (χ0) is 79.4. The number of carbonyl (C=O) groups is 4. The molecule has 0 radical (unpaired) electrons. The van der Waals surface area contributed by atoms with E-state index in [-0.39, 0.29) is 17.9 Å². The van der Waals surface area contributed by atoms with Gasteiger partial charge in [-0.25, -0.2) is 0 Å². The molecule has 6 aliphatic rings. The van der Waals surface area contributed by atoms with Gasteiger partial charge in [0.25, 0.3) is 6.47 Å². The highest BCUT2D eigenvalue weighted by Crippen LogP contribution is 2.61. The first-order valence-corrected chi connectivity index (χ1v) is 55.4. The molecule has 6 aliphatic heterocycles. The topological polar surface area (TPSA) is 119 Å². The number of hydrogen-bond acceptors (Lipinski definition) is 32. The van der Waals surface area contributed by atoms with Gasteiger partial charge in [0.05, 0.1) is 103 Å². The number of rotatable bonds is 38. The van der Waals surface area contributed by atoms with E-state index in [2.05, 4.69) is 187 Å². The Morgan fingerprint density at radius 3 is 1.26 bits per heavy atom. The second kappa shape index (κ2) is 63.8. The molecule has 2 aromatic rings. The smallest absolute Gasteiger partial charge is 0.306 e. The average Bonchev–Trinajstić information content (AvgIpc) is 1.71. The number of hydrogen-bond donors (Lipinski definition) is 4. The summed E-state index contributed by atoms with van der Waals surface area (Å²) < 4.78 is 48.4. The first kappa shape index (κ1) is 101. The lowest BCUT2D eigenvalue weighted by molar-refractivity contribution is -0.142. The summed E-state index contributed by atoms with van der Waals surface area (Å²) in [6, 6.07) is 17.6. The first-order valence-electron chi connectivity index (χ1n) is 33.6. The number of nitrogens with zero attached hydrogens (tertiary/aromatic N) is 1. The molecule has 1 atom stereocenters. The number of halogens is 2. The third-order valence-corrected chi connectivity index (χ3v) is 42.6. The molecule has 0 fully saturated rings. The van der Waals surface area contributed by atoms with Crippen LogP contribution in [-0.2, 0) is 57.2 Å². The Morgan fingerprint density at radius 1 is 0.542 bits per heavy atom. The molecule has 0 saturated heterocycles. The van der Waals surface area contributed by atoms with E-state index in [1.807, 2.05) is 136 Å². The summed E-state index contributed by atoms with van der Waals surface area (Å²) in [7, 11) is -0.235. The van der Waals surface area contributed by atoms with Gasteiger partial charge < -0.3 is 24.2 Å². The van der Waals surface area contributed by atoms with E-state index < -0.39 is 17.6 Å². The average molecular weight is 1930 g/mol. The van der Waals surface area contributed by atoms with Crippen molar-refractivity contribution in [1.82, 2.24) is 4.90 Å². The lowest BCUT2D eigenvalue weighted by atomic mass is 10.1. The molecule has 1 unspecified atom stereocenters. The highest BCUT2D eigenvalue weighted by atomic mass is 35.5. The lowest BCUT2D eigenvalue weighted by Crippen LogP contribution is -2.21. The van der Waals surface area contributed by atoms with E-state index in [0.29, 0.717) is 44.0 Å². The molecule has 35 heteroatoms. The van der Waals surface area contributed by atoms with Crippen LogP contribution in [-0.4, -0.2) is 146 Å². The van der Waals surface area contributed by atoms with Gasteiger partial charge in [-0.15, -0.1) is 116 Å². The lowest BCUT2D eigenvalue weighted by Gasteiger charge is -2.13. The maximum Gasteiger partial charge on any atom is 0.306 e. The van der Waals surface area contributed by atoms with Gasteiger partial charge in [-0.3, -0.25) is 23.6 Å². The molecule has 2 aromatic carbocycles. The number of allylic oxidation sites excluding steroid dienone is 7. The molecule has 9 nitrogen and oxygen atoms in total. The van der Waals surface area contributed by atoms with Crippen LogP contribution in [0, 0.1) is 0 Å². The second-order valence-electron chi connectivity index (χ2n) is 20.4. The number of aliphatic hydroxyl groups excluding tert-OH is 1. The Bertz CT molecular complexity index is 3520. The van der Waals surface area contributed by atoms with Crippen LogP contribution >= 0.6 is 295 Å². The molecule has 1 N–H and O–H groups in total. The van der Waals surface area contributed by atoms with E-state index in [4.69, 9.17) is 32.3 Å². The van der Waals surface area contributed by atoms with Gasteiger partial charge in [-0.1, -0.05) is 230 Å². The molecule has 0 saturated carbocycles. The molecular weight excluding hydrogens is 1830 g/mol. The molecule has 107 heavy (non-hydrogen) atoms. The Kier molecular flexibility index (Phi) is 60.4. The standard InChI is InChI=1S/C35H38O2S15.C18H22O4S8.C9H11Cl.C6H15N.C3H6O2S.CH3F/c1-5-23-24(17-38)46-27(45-23)11-13-30-50-33(41-4)35(52-30)44-20-22-9-7-21(8-10-22)19-43-31-25(18-39)47-28(48-31)12-14-29-49-32(40-3)34(51-29)42-16-15-26(36)37-6-2;1-21-13(20)6-9-26-18-17(24-2)29-15(30-18)5-4-14-27-12(10-23)16(28-14)25-8-3-7-22-11-19;1-2-8-3-5-9(7-10)6-4-8;1-4-7(5-2)6-3;1-6(2-4)3-5;1-2/h7-14,38-39H,5-6,15-20H2,1-4H3;4-5,11,23H,3,6-10H2,1-2H3;3-6H,2,7H2,1H3;4-6H2,1-3H3;2,5H,1,3H2;1H3/i;;;;;1D. The number of alkyl halides is 2. The van der Waals surface area contributed by atoms with Gasteiger partial charge in [0.2, 0.25) is 0 Å². The molecule has 0 aromatic heterocycles. The van der Waals surface area contributed by atoms with Gasteiger partial charge in [-0.05, 0) is 123 Å². The van der Waals surface area contributed by atoms with Crippen LogP contribution in [0.15, 0.2) is 164 Å². The van der Waals surface area contributed by atoms with E-state index >= 15 is 0 Å². The van der Waals surface area contributed by atoms with Gasteiger partial charge in [0, 0.05) is 75.8 Å². The van der Waals surface area contributed by atoms with Crippen molar-refractivity contribution in [1.29, 1.82) is 0 Å². The molecule has 0 spiro atoms. The second-order valence-corrected chi connectivity index (χ2v) is 47.5. The Morgan fingerprint density at radius 2 is 0.907 bits per heavy atom. The Labute approximate surface area is 748 Å². The van der Waals surface area contributed by atoms with E-state index in [0.717, 1.165) is 65.3 Å². The maximum atomic E-state index is 11.7. The van der Waals surface area contributed by atoms with E-state index in [1.165, 1.54) is 128 Å². The molecule has 0 bridgehead atoms. The van der Waals surface area contributed by atoms with Crippen LogP contribution in [0.3, 0.4) is 0 Å². The van der Waals surface area contributed by atoms with Crippen LogP contribution in [0.25, 0.3) is 0 Å². The van der Waals surface area contributed by atoms with E-state index in [9.17, 15) is 23.6 Å². The van der Waals surface area contributed by atoms with Gasteiger partial charge in [0.15, 0.2) is 5.62 Å². The molecular formula is C72H95ClFNO8S24. The Balaban J connectivity index is 0.000000447. The number of methoxy groups -OCH3 is 1. The summed E-state index contributed by atoms with van der Waals surface area (Å²) >= 11 is 55.8. The van der Waals surface area contributed by atoms with Crippen molar-refractivity contribution in [3.8, 4) is 0 Å². The van der Waals surface area contributed by atoms with Gasteiger partial charge in [-0.2, -0.15) is 37.9 Å². The zero-order valence-corrected chi connectivity index (χ0v) is 81.8. The summed E-state index contributed by atoms with van der Waals surface area (Å²) in [5, 5.41) is 8.05. The molecule has 0 amide bonds. The van der Waals surface area contributed by atoms with Gasteiger partial charge in [0.1, 0.15) is 0 Å². The van der Waals surface area contributed by atoms with Crippen LogP contribution < -0.4 is 0 Å². The van der Waals surface area contributed by atoms with Crippen LogP contribution in [0.1, 0.15) is 90.9 Å². The van der Waals surface area contributed by atoms with Crippen molar-refractivity contribution < 1.29 is 44.3 Å². The largest absolute Gasteiger partial charge is 0.469 e. The van der Waals surface area contributed by atoms with Crippen molar-refractivity contribution in [2.24, 2.45) is 0 Å². The highest BCUT2D eigenvalue weighted by molar-refractivity contribution is 8.42. The predicted octanol–water partition coefficient (Wildman–Crippen LogP) is 27.3. The fourth-order valence-electron chi connectivity index (χ4n) is 7.90. The molecule has 594 valence electrons. The first-order chi connectivity index (χ1) is 52.4. The number of benzene rings is 2. The van der Waals surface area contributed by atoms with Gasteiger partial charge >= 0.3 is 11.9 Å². The summed E-state index contributed by atoms with van der Waals surface area (Å²) in [6.07, 6.45) is 23.7. The van der Waals surface area contributed by atoms with Crippen molar-refractivity contribution in [2.45, 2.75) is 91.0 Å². The molecule has 6 heterocycles. The minimum absolute atomic E-state index is 0.122. The minimum atomic E-state index is -1.00. The zero-order valence-electron chi connectivity index (χ0n) is 62.2. The number of aliphatic hydroxyl groups is 1. The number of esters is 2. The predicted molar refractivity (Wildman–Crippen MR) is 529 cm³/mol. The highest BCUT2D eigenvalue weighted by Gasteiger charge is 2.27. The fourth-order valence-corrected chi connectivity index (χ4v) is 35.6. The summed E-state index contributed by atoms with van der Waals surface area (Å²) in [6.45, 7) is 17.7. The fraction of sp³-hybridized carbons (Fsp3) is 0.431. The normalized spacial score (nSPS) is 18.2. The van der Waals surface area contributed by atoms with Crippen molar-refractivity contribution in [3.63, 3.8) is 0 Å².